The maximum atomic E-state index is 13.2. The van der Waals surface area contributed by atoms with E-state index in [4.69, 9.17) is 4.74 Å². The molecule has 0 saturated carbocycles. The number of piperazine rings is 1. The summed E-state index contributed by atoms with van der Waals surface area (Å²) in [4.78, 5) is 44.3. The predicted octanol–water partition coefficient (Wildman–Crippen LogP) is 3.02. The summed E-state index contributed by atoms with van der Waals surface area (Å²) < 4.78 is 5.43. The first-order chi connectivity index (χ1) is 16.4. The van der Waals surface area contributed by atoms with Gasteiger partial charge in [-0.1, -0.05) is 29.8 Å². The van der Waals surface area contributed by atoms with Crippen LogP contribution in [0.2, 0.25) is 0 Å². The van der Waals surface area contributed by atoms with E-state index in [9.17, 15) is 14.4 Å². The van der Waals surface area contributed by atoms with E-state index in [0.29, 0.717) is 37.4 Å². The van der Waals surface area contributed by atoms with E-state index in [2.05, 4.69) is 15.5 Å². The lowest BCUT2D eigenvalue weighted by Gasteiger charge is -2.43. The van der Waals surface area contributed by atoms with Crippen molar-refractivity contribution >= 4 is 18.0 Å². The molecule has 2 N–H and O–H groups in total. The van der Waals surface area contributed by atoms with Crippen LogP contribution < -0.4 is 10.6 Å². The summed E-state index contributed by atoms with van der Waals surface area (Å²) in [5.41, 5.74) is 2.64. The number of ether oxygens (including phenoxy) is 1. The van der Waals surface area contributed by atoms with Gasteiger partial charge in [0.1, 0.15) is 0 Å². The Labute approximate surface area is 208 Å². The molecule has 1 aromatic carbocycles. The Hall–Kier alpha value is -3.07. The number of esters is 1. The molecule has 1 saturated heterocycles. The van der Waals surface area contributed by atoms with E-state index in [1.54, 1.807) is 14.0 Å². The Kier molecular flexibility index (Phi) is 8.10. The molecule has 9 heteroatoms. The van der Waals surface area contributed by atoms with E-state index in [0.717, 1.165) is 11.1 Å². The van der Waals surface area contributed by atoms with Crippen LogP contribution in [0.1, 0.15) is 51.8 Å². The fourth-order valence-corrected chi connectivity index (χ4v) is 4.58. The standard InChI is InChI=1S/C26H39N5O4/c1-8-35-23(32)21-20(29(7)24(33)27-22(21)19-11-9-10-17(2)14-19)16-30-12-13-31(18(3)15-30)25(34)28-26(4,5)6/h9-11,14,18,22H,8,12-13,15-16H2,1-7H3,(H,27,33)(H,28,34)/t18-,22-/m1/s1. The van der Waals surface area contributed by atoms with Gasteiger partial charge in [0.25, 0.3) is 0 Å². The van der Waals surface area contributed by atoms with Gasteiger partial charge in [-0.3, -0.25) is 9.80 Å². The molecule has 0 aliphatic carbocycles. The summed E-state index contributed by atoms with van der Waals surface area (Å²) in [6, 6.07) is 6.82. The molecule has 4 amide bonds. The van der Waals surface area contributed by atoms with Crippen LogP contribution in [0, 0.1) is 6.92 Å². The second kappa shape index (κ2) is 10.7. The van der Waals surface area contributed by atoms with Crippen LogP contribution in [0.25, 0.3) is 0 Å². The molecule has 2 atom stereocenters. The predicted molar refractivity (Wildman–Crippen MR) is 135 cm³/mol. The number of rotatable bonds is 5. The molecule has 0 radical (unpaired) electrons. The summed E-state index contributed by atoms with van der Waals surface area (Å²) >= 11 is 0. The highest BCUT2D eigenvalue weighted by Gasteiger charge is 2.38. The third-order valence-corrected chi connectivity index (χ3v) is 6.28. The number of hydrogen-bond donors (Lipinski definition) is 2. The molecule has 1 fully saturated rings. The summed E-state index contributed by atoms with van der Waals surface area (Å²) in [6.45, 7) is 14.1. The summed E-state index contributed by atoms with van der Waals surface area (Å²) in [5, 5.41) is 6.00. The summed E-state index contributed by atoms with van der Waals surface area (Å²) in [5.74, 6) is -0.433. The largest absolute Gasteiger partial charge is 0.463 e. The molecule has 35 heavy (non-hydrogen) atoms. The first-order valence-electron chi connectivity index (χ1n) is 12.2. The topological polar surface area (TPSA) is 94.2 Å². The van der Waals surface area contributed by atoms with Crippen molar-refractivity contribution < 1.29 is 19.1 Å². The van der Waals surface area contributed by atoms with Crippen molar-refractivity contribution in [1.29, 1.82) is 0 Å². The zero-order valence-electron chi connectivity index (χ0n) is 22.0. The summed E-state index contributed by atoms with van der Waals surface area (Å²) in [6.07, 6.45) is 0. The molecular formula is C26H39N5O4. The SMILES string of the molecule is CCOC(=O)C1=C(CN2CCN(C(=O)NC(C)(C)C)[C@H](C)C2)N(C)C(=O)N[C@@H]1c1cccc(C)c1. The molecule has 192 valence electrons. The highest BCUT2D eigenvalue weighted by Crippen LogP contribution is 2.32. The maximum Gasteiger partial charge on any atom is 0.338 e. The van der Waals surface area contributed by atoms with E-state index in [1.165, 1.54) is 4.90 Å². The molecular weight excluding hydrogens is 446 g/mol. The molecule has 2 aliphatic rings. The third kappa shape index (κ3) is 6.33. The molecule has 9 nitrogen and oxygen atoms in total. The number of amides is 4. The number of urea groups is 2. The normalized spacial score (nSPS) is 21.6. The molecule has 1 aromatic rings. The summed E-state index contributed by atoms with van der Waals surface area (Å²) in [7, 11) is 1.67. The van der Waals surface area contributed by atoms with Gasteiger partial charge in [0.15, 0.2) is 0 Å². The smallest absolute Gasteiger partial charge is 0.338 e. The first-order valence-corrected chi connectivity index (χ1v) is 12.2. The average Bonchev–Trinajstić information content (AvgIpc) is 2.75. The van der Waals surface area contributed by atoms with Gasteiger partial charge in [-0.05, 0) is 47.1 Å². The molecule has 3 rings (SSSR count). The number of carbonyl (C=O) groups excluding carboxylic acids is 3. The second-order valence-corrected chi connectivity index (χ2v) is 10.4. The van der Waals surface area contributed by atoms with Crippen LogP contribution in [0.3, 0.4) is 0 Å². The van der Waals surface area contributed by atoms with Gasteiger partial charge >= 0.3 is 18.0 Å². The molecule has 0 aromatic heterocycles. The van der Waals surface area contributed by atoms with Crippen LogP contribution in [-0.4, -0.2) is 84.1 Å². The average molecular weight is 486 g/mol. The fourth-order valence-electron chi connectivity index (χ4n) is 4.58. The van der Waals surface area contributed by atoms with Crippen LogP contribution in [0.4, 0.5) is 9.59 Å². The van der Waals surface area contributed by atoms with Crippen molar-refractivity contribution in [1.82, 2.24) is 25.3 Å². The van der Waals surface area contributed by atoms with Crippen LogP contribution in [-0.2, 0) is 9.53 Å². The molecule has 0 bridgehead atoms. The lowest BCUT2D eigenvalue weighted by atomic mass is 9.93. The van der Waals surface area contributed by atoms with Crippen molar-refractivity contribution in [3.63, 3.8) is 0 Å². The first kappa shape index (κ1) is 26.5. The number of likely N-dealkylation sites (N-methyl/N-ethyl adjacent to an activating group) is 1. The van der Waals surface area contributed by atoms with Crippen LogP contribution >= 0.6 is 0 Å². The minimum absolute atomic E-state index is 0.0203. The van der Waals surface area contributed by atoms with Gasteiger partial charge in [-0.15, -0.1) is 0 Å². The zero-order valence-corrected chi connectivity index (χ0v) is 22.0. The molecule has 2 heterocycles. The van der Waals surface area contributed by atoms with Crippen molar-refractivity contribution in [2.24, 2.45) is 0 Å². The van der Waals surface area contributed by atoms with Crippen LogP contribution in [0.15, 0.2) is 35.5 Å². The Bertz CT molecular complexity index is 1000. The number of aryl methyl sites for hydroxylation is 1. The number of hydrogen-bond acceptors (Lipinski definition) is 5. The zero-order chi connectivity index (χ0) is 25.9. The third-order valence-electron chi connectivity index (χ3n) is 6.28. The number of carbonyl (C=O) groups is 3. The quantitative estimate of drug-likeness (QED) is 0.626. The molecule has 2 aliphatic heterocycles. The van der Waals surface area contributed by atoms with Gasteiger partial charge in [0.05, 0.1) is 18.2 Å². The van der Waals surface area contributed by atoms with E-state index in [-0.39, 0.29) is 30.2 Å². The minimum Gasteiger partial charge on any atom is -0.463 e. The van der Waals surface area contributed by atoms with E-state index < -0.39 is 12.0 Å². The van der Waals surface area contributed by atoms with Crippen molar-refractivity contribution in [3.8, 4) is 0 Å². The van der Waals surface area contributed by atoms with Crippen molar-refractivity contribution in [3.05, 3.63) is 46.7 Å². The number of nitrogens with one attached hydrogen (secondary N) is 2. The van der Waals surface area contributed by atoms with E-state index >= 15 is 0 Å². The fraction of sp³-hybridized carbons (Fsp3) is 0.577. The Morgan fingerprint density at radius 1 is 1.23 bits per heavy atom. The minimum atomic E-state index is -0.594. The highest BCUT2D eigenvalue weighted by atomic mass is 16.5. The Balaban J connectivity index is 1.89. The van der Waals surface area contributed by atoms with Gasteiger partial charge in [0.2, 0.25) is 0 Å². The lowest BCUT2D eigenvalue weighted by Crippen LogP contribution is -2.59. The van der Waals surface area contributed by atoms with Gasteiger partial charge < -0.3 is 20.3 Å². The van der Waals surface area contributed by atoms with Crippen molar-refractivity contribution in [2.75, 3.05) is 39.8 Å². The Morgan fingerprint density at radius 2 is 1.94 bits per heavy atom. The maximum absolute atomic E-state index is 13.2. The van der Waals surface area contributed by atoms with Gasteiger partial charge in [0, 0.05) is 50.5 Å². The van der Waals surface area contributed by atoms with Crippen LogP contribution in [0.5, 0.6) is 0 Å². The van der Waals surface area contributed by atoms with Crippen molar-refractivity contribution in [2.45, 2.75) is 59.2 Å². The molecule has 0 unspecified atom stereocenters. The van der Waals surface area contributed by atoms with Gasteiger partial charge in [-0.2, -0.15) is 0 Å². The van der Waals surface area contributed by atoms with E-state index in [1.807, 2.05) is 63.8 Å². The molecule has 0 spiro atoms. The number of nitrogens with zero attached hydrogens (tertiary/aromatic N) is 3. The second-order valence-electron chi connectivity index (χ2n) is 10.4. The number of benzene rings is 1. The Morgan fingerprint density at radius 3 is 2.54 bits per heavy atom. The highest BCUT2D eigenvalue weighted by molar-refractivity contribution is 5.95. The lowest BCUT2D eigenvalue weighted by molar-refractivity contribution is -0.139. The van der Waals surface area contributed by atoms with Gasteiger partial charge in [-0.25, -0.2) is 14.4 Å². The monoisotopic (exact) mass is 485 g/mol.